The van der Waals surface area contributed by atoms with Gasteiger partial charge in [0.15, 0.2) is 0 Å². The molecule has 3 heteroatoms. The number of carbonyl (C=O) groups excluding carboxylic acids is 1. The molecule has 0 N–H and O–H groups in total. The van der Waals surface area contributed by atoms with Gasteiger partial charge in [0.2, 0.25) is 0 Å². The summed E-state index contributed by atoms with van der Waals surface area (Å²) in [6.45, 7) is 5.41. The van der Waals surface area contributed by atoms with Crippen molar-refractivity contribution in [2.24, 2.45) is 0 Å². The van der Waals surface area contributed by atoms with E-state index in [0.717, 1.165) is 12.0 Å². The number of hydrogen-bond acceptors (Lipinski definition) is 3. The average Bonchev–Trinajstić information content (AvgIpc) is 2.36. The predicted molar refractivity (Wildman–Crippen MR) is 40.3 cm³/mol. The fourth-order valence-corrected chi connectivity index (χ4v) is 0.730. The summed E-state index contributed by atoms with van der Waals surface area (Å²) in [6, 6.07) is 1.77. The second-order valence-electron chi connectivity index (χ2n) is 3.16. The number of rotatable bonds is 2. The Morgan fingerprint density at radius 1 is 1.64 bits per heavy atom. The van der Waals surface area contributed by atoms with Gasteiger partial charge in [0.25, 0.3) is 0 Å². The Labute approximate surface area is 65.4 Å². The van der Waals surface area contributed by atoms with Gasteiger partial charge in [-0.05, 0) is 20.8 Å². The lowest BCUT2D eigenvalue weighted by Crippen LogP contribution is -2.18. The summed E-state index contributed by atoms with van der Waals surface area (Å²) < 4.78 is 4.84. The van der Waals surface area contributed by atoms with Gasteiger partial charge in [-0.15, -0.1) is 0 Å². The summed E-state index contributed by atoms with van der Waals surface area (Å²) in [4.78, 5) is 10.6. The van der Waals surface area contributed by atoms with Crippen LogP contribution in [0.25, 0.3) is 0 Å². The molecule has 0 radical (unpaired) electrons. The first-order valence-electron chi connectivity index (χ1n) is 3.46. The number of nitrogens with zero attached hydrogens (tertiary/aromatic N) is 1. The van der Waals surface area contributed by atoms with Crippen LogP contribution in [0.15, 0.2) is 10.6 Å². The molecule has 0 saturated carbocycles. The van der Waals surface area contributed by atoms with E-state index in [0.29, 0.717) is 5.69 Å². The molecular weight excluding hydrogens is 142 g/mol. The summed E-state index contributed by atoms with van der Waals surface area (Å²) >= 11 is 0. The highest BCUT2D eigenvalue weighted by Crippen LogP contribution is 2.19. The summed E-state index contributed by atoms with van der Waals surface area (Å²) in [5, 5.41) is 3.75. The number of aldehydes is 1. The molecule has 60 valence electrons. The molecule has 0 aliphatic carbocycles. The highest BCUT2D eigenvalue weighted by atomic mass is 16.5. The van der Waals surface area contributed by atoms with E-state index in [1.807, 2.05) is 0 Å². The maximum Gasteiger partial charge on any atom is 0.133 e. The predicted octanol–water partition coefficient (Wildman–Crippen LogP) is 1.46. The topological polar surface area (TPSA) is 43.1 Å². The standard InChI is InChI=1S/C8H11NO2/c1-6-4-7(9-11-6)8(2,3)5-10/h4-5H,1-3H3. The van der Waals surface area contributed by atoms with E-state index in [1.165, 1.54) is 0 Å². The summed E-state index contributed by atoms with van der Waals surface area (Å²) in [7, 11) is 0. The van der Waals surface area contributed by atoms with E-state index in [1.54, 1.807) is 26.8 Å². The van der Waals surface area contributed by atoms with E-state index < -0.39 is 5.41 Å². The molecule has 0 bridgehead atoms. The molecule has 0 atom stereocenters. The molecule has 0 amide bonds. The first-order chi connectivity index (χ1) is 5.06. The largest absolute Gasteiger partial charge is 0.361 e. The average molecular weight is 153 g/mol. The second-order valence-corrected chi connectivity index (χ2v) is 3.16. The zero-order valence-corrected chi connectivity index (χ0v) is 6.92. The summed E-state index contributed by atoms with van der Waals surface area (Å²) in [5.41, 5.74) is 0.155. The molecule has 1 rings (SSSR count). The van der Waals surface area contributed by atoms with Crippen molar-refractivity contribution < 1.29 is 9.32 Å². The van der Waals surface area contributed by atoms with Crippen LogP contribution in [0.4, 0.5) is 0 Å². The van der Waals surface area contributed by atoms with Crippen LogP contribution in [0.3, 0.4) is 0 Å². The number of aryl methyl sites for hydroxylation is 1. The molecule has 0 aromatic carbocycles. The van der Waals surface area contributed by atoms with Gasteiger partial charge in [0.05, 0.1) is 11.1 Å². The van der Waals surface area contributed by atoms with Crippen LogP contribution in [0, 0.1) is 6.92 Å². The highest BCUT2D eigenvalue weighted by Gasteiger charge is 2.23. The van der Waals surface area contributed by atoms with Gasteiger partial charge in [-0.2, -0.15) is 0 Å². The van der Waals surface area contributed by atoms with Gasteiger partial charge in [-0.1, -0.05) is 5.16 Å². The molecule has 1 heterocycles. The van der Waals surface area contributed by atoms with Crippen LogP contribution in [-0.2, 0) is 10.2 Å². The van der Waals surface area contributed by atoms with Crippen molar-refractivity contribution >= 4 is 6.29 Å². The third-order valence-corrected chi connectivity index (χ3v) is 1.58. The Balaban J connectivity index is 3.01. The molecule has 1 aromatic rings. The van der Waals surface area contributed by atoms with Crippen LogP contribution in [-0.4, -0.2) is 11.4 Å². The second kappa shape index (κ2) is 2.49. The molecule has 0 fully saturated rings. The van der Waals surface area contributed by atoms with Crippen molar-refractivity contribution in [3.63, 3.8) is 0 Å². The lowest BCUT2D eigenvalue weighted by atomic mass is 9.91. The van der Waals surface area contributed by atoms with Crippen molar-refractivity contribution in [3.8, 4) is 0 Å². The zero-order valence-electron chi connectivity index (χ0n) is 6.92. The third kappa shape index (κ3) is 1.48. The molecular formula is C8H11NO2. The van der Waals surface area contributed by atoms with E-state index in [2.05, 4.69) is 5.16 Å². The lowest BCUT2D eigenvalue weighted by Gasteiger charge is -2.10. The van der Waals surface area contributed by atoms with E-state index >= 15 is 0 Å². The normalized spacial score (nSPS) is 11.5. The molecule has 0 saturated heterocycles. The van der Waals surface area contributed by atoms with Gasteiger partial charge in [0.1, 0.15) is 12.0 Å². The monoisotopic (exact) mass is 153 g/mol. The van der Waals surface area contributed by atoms with E-state index in [9.17, 15) is 4.79 Å². The zero-order chi connectivity index (χ0) is 8.48. The minimum Gasteiger partial charge on any atom is -0.361 e. The minimum atomic E-state index is -0.530. The van der Waals surface area contributed by atoms with Gasteiger partial charge in [-0.3, -0.25) is 0 Å². The summed E-state index contributed by atoms with van der Waals surface area (Å²) in [6.07, 6.45) is 0.865. The Hall–Kier alpha value is -1.12. The lowest BCUT2D eigenvalue weighted by molar-refractivity contribution is -0.111. The molecule has 3 nitrogen and oxygen atoms in total. The molecule has 11 heavy (non-hydrogen) atoms. The fraction of sp³-hybridized carbons (Fsp3) is 0.500. The molecule has 0 spiro atoms. The Kier molecular flexibility index (Phi) is 1.81. The van der Waals surface area contributed by atoms with Crippen LogP contribution in [0.2, 0.25) is 0 Å². The Morgan fingerprint density at radius 2 is 2.27 bits per heavy atom. The van der Waals surface area contributed by atoms with Crippen LogP contribution in [0.5, 0.6) is 0 Å². The maximum absolute atomic E-state index is 10.6. The van der Waals surface area contributed by atoms with Crippen molar-refractivity contribution in [3.05, 3.63) is 17.5 Å². The van der Waals surface area contributed by atoms with Gasteiger partial charge in [0, 0.05) is 6.07 Å². The van der Waals surface area contributed by atoms with Gasteiger partial charge >= 0.3 is 0 Å². The fourth-order valence-electron chi connectivity index (χ4n) is 0.730. The van der Waals surface area contributed by atoms with Crippen molar-refractivity contribution in [2.75, 3.05) is 0 Å². The summed E-state index contributed by atoms with van der Waals surface area (Å²) in [5.74, 6) is 0.731. The molecule has 0 aliphatic heterocycles. The molecule has 0 aliphatic rings. The Bertz CT molecular complexity index is 263. The quantitative estimate of drug-likeness (QED) is 0.604. The number of carbonyl (C=O) groups is 1. The van der Waals surface area contributed by atoms with Crippen molar-refractivity contribution in [1.29, 1.82) is 0 Å². The van der Waals surface area contributed by atoms with Crippen LogP contribution < -0.4 is 0 Å². The SMILES string of the molecule is Cc1cc(C(C)(C)C=O)no1. The van der Waals surface area contributed by atoms with Crippen LogP contribution in [0.1, 0.15) is 25.3 Å². The Morgan fingerprint density at radius 3 is 2.64 bits per heavy atom. The maximum atomic E-state index is 10.6. The first-order valence-corrected chi connectivity index (χ1v) is 3.46. The molecule has 1 aromatic heterocycles. The van der Waals surface area contributed by atoms with E-state index in [-0.39, 0.29) is 0 Å². The third-order valence-electron chi connectivity index (χ3n) is 1.58. The van der Waals surface area contributed by atoms with Crippen molar-refractivity contribution in [1.82, 2.24) is 5.16 Å². The minimum absolute atomic E-state index is 0.530. The van der Waals surface area contributed by atoms with Gasteiger partial charge < -0.3 is 9.32 Å². The number of hydrogen-bond donors (Lipinski definition) is 0. The van der Waals surface area contributed by atoms with Crippen LogP contribution >= 0.6 is 0 Å². The number of aromatic nitrogens is 1. The van der Waals surface area contributed by atoms with E-state index in [4.69, 9.17) is 4.52 Å². The van der Waals surface area contributed by atoms with Crippen molar-refractivity contribution in [2.45, 2.75) is 26.2 Å². The molecule has 0 unspecified atom stereocenters. The smallest absolute Gasteiger partial charge is 0.133 e. The van der Waals surface area contributed by atoms with Gasteiger partial charge in [-0.25, -0.2) is 0 Å². The highest BCUT2D eigenvalue weighted by molar-refractivity contribution is 5.65. The first kappa shape index (κ1) is 7.98.